The van der Waals surface area contributed by atoms with Gasteiger partial charge in [0.1, 0.15) is 0 Å². The van der Waals surface area contributed by atoms with Crippen LogP contribution in [-0.2, 0) is 15.9 Å². The van der Waals surface area contributed by atoms with Crippen LogP contribution in [0.15, 0.2) is 24.4 Å². The molecule has 1 aliphatic heterocycles. The van der Waals surface area contributed by atoms with Crippen LogP contribution < -0.4 is 0 Å². The van der Waals surface area contributed by atoms with Crippen LogP contribution in [0.1, 0.15) is 29.9 Å². The maximum absolute atomic E-state index is 12.0. The summed E-state index contributed by atoms with van der Waals surface area (Å²) in [5.74, 6) is 0.579. The molecule has 4 nitrogen and oxygen atoms in total. The third-order valence-electron chi connectivity index (χ3n) is 4.96. The standard InChI is InChI=1S/C19H26F2N2O2/c1-23(8-11-25-19(20)21)7-4-16-13-22-18-3-2-15(12-17(16)18)14-5-9-24-10-6-14/h2-3,12-14,19,22H,4-11H2,1H3. The molecule has 1 saturated heterocycles. The molecule has 3 rings (SSSR count). The SMILES string of the molecule is CN(CCOC(F)F)CCc1c[nH]c2ccc(C3CCOCC3)cc12. The van der Waals surface area contributed by atoms with Crippen molar-refractivity contribution in [2.24, 2.45) is 0 Å². The predicted octanol–water partition coefficient (Wildman–Crippen LogP) is 3.78. The molecular formula is C19H26F2N2O2. The van der Waals surface area contributed by atoms with E-state index in [0.717, 1.165) is 44.5 Å². The summed E-state index contributed by atoms with van der Waals surface area (Å²) in [4.78, 5) is 5.35. The number of likely N-dealkylation sites (N-methyl/N-ethyl adjacent to an activating group) is 1. The molecule has 0 saturated carbocycles. The largest absolute Gasteiger partial charge is 0.381 e. The number of hydrogen-bond acceptors (Lipinski definition) is 3. The van der Waals surface area contributed by atoms with E-state index in [1.54, 1.807) is 0 Å². The third kappa shape index (κ3) is 5.00. The second-order valence-corrected chi connectivity index (χ2v) is 6.69. The van der Waals surface area contributed by atoms with Crippen molar-refractivity contribution >= 4 is 10.9 Å². The lowest BCUT2D eigenvalue weighted by atomic mass is 9.90. The summed E-state index contributed by atoms with van der Waals surface area (Å²) < 4.78 is 33.8. The van der Waals surface area contributed by atoms with Gasteiger partial charge in [0.05, 0.1) is 6.61 Å². The molecule has 1 fully saturated rings. The number of rotatable bonds is 8. The zero-order valence-electron chi connectivity index (χ0n) is 14.6. The van der Waals surface area contributed by atoms with E-state index in [1.165, 1.54) is 16.5 Å². The molecule has 1 aliphatic rings. The first-order chi connectivity index (χ1) is 12.1. The Morgan fingerprint density at radius 3 is 2.84 bits per heavy atom. The minimum Gasteiger partial charge on any atom is -0.381 e. The van der Waals surface area contributed by atoms with Gasteiger partial charge in [-0.2, -0.15) is 8.78 Å². The van der Waals surface area contributed by atoms with Gasteiger partial charge < -0.3 is 19.4 Å². The van der Waals surface area contributed by atoms with Crippen LogP contribution in [-0.4, -0.2) is 56.5 Å². The first kappa shape index (κ1) is 18.3. The Bertz CT molecular complexity index is 668. The molecule has 1 aromatic heterocycles. The number of ether oxygens (including phenoxy) is 2. The molecule has 25 heavy (non-hydrogen) atoms. The predicted molar refractivity (Wildman–Crippen MR) is 94.2 cm³/mol. The number of aromatic amines is 1. The lowest BCUT2D eigenvalue weighted by molar-refractivity contribution is -0.131. The van der Waals surface area contributed by atoms with Crippen LogP contribution in [0.3, 0.4) is 0 Å². The molecule has 1 aromatic carbocycles. The fourth-order valence-electron chi connectivity index (χ4n) is 3.41. The van der Waals surface area contributed by atoms with Crippen molar-refractivity contribution in [2.75, 3.05) is 40.0 Å². The molecule has 0 spiro atoms. The van der Waals surface area contributed by atoms with Crippen molar-refractivity contribution in [3.05, 3.63) is 35.5 Å². The summed E-state index contributed by atoms with van der Waals surface area (Å²) in [6.45, 7) is 0.352. The fourth-order valence-corrected chi connectivity index (χ4v) is 3.41. The number of nitrogens with zero attached hydrogens (tertiary/aromatic N) is 1. The minimum atomic E-state index is -2.69. The number of H-pyrrole nitrogens is 1. The van der Waals surface area contributed by atoms with E-state index in [-0.39, 0.29) is 6.61 Å². The van der Waals surface area contributed by atoms with Crippen molar-refractivity contribution in [3.63, 3.8) is 0 Å². The van der Waals surface area contributed by atoms with Crippen LogP contribution in [0.2, 0.25) is 0 Å². The number of nitrogens with one attached hydrogen (secondary N) is 1. The van der Waals surface area contributed by atoms with E-state index in [1.807, 2.05) is 11.9 Å². The highest BCUT2D eigenvalue weighted by atomic mass is 19.3. The monoisotopic (exact) mass is 352 g/mol. The number of alkyl halides is 2. The van der Waals surface area contributed by atoms with Crippen molar-refractivity contribution in [2.45, 2.75) is 31.8 Å². The van der Waals surface area contributed by atoms with Gasteiger partial charge in [0, 0.05) is 43.4 Å². The minimum absolute atomic E-state index is 0.0515. The molecule has 1 N–H and O–H groups in total. The molecular weight excluding hydrogens is 326 g/mol. The maximum atomic E-state index is 12.0. The zero-order chi connectivity index (χ0) is 17.6. The lowest BCUT2D eigenvalue weighted by Gasteiger charge is -2.22. The van der Waals surface area contributed by atoms with Gasteiger partial charge in [-0.25, -0.2) is 0 Å². The van der Waals surface area contributed by atoms with Crippen molar-refractivity contribution < 1.29 is 18.3 Å². The number of hydrogen-bond donors (Lipinski definition) is 1. The van der Waals surface area contributed by atoms with E-state index in [4.69, 9.17) is 4.74 Å². The molecule has 6 heteroatoms. The topological polar surface area (TPSA) is 37.5 Å². The van der Waals surface area contributed by atoms with Crippen LogP contribution in [0.4, 0.5) is 8.78 Å². The number of benzene rings is 1. The van der Waals surface area contributed by atoms with E-state index in [9.17, 15) is 8.78 Å². The summed E-state index contributed by atoms with van der Waals surface area (Å²) in [7, 11) is 1.93. The van der Waals surface area contributed by atoms with Crippen LogP contribution in [0.25, 0.3) is 10.9 Å². The second kappa shape index (κ2) is 8.74. The number of halogens is 2. The quantitative estimate of drug-likeness (QED) is 0.786. The third-order valence-corrected chi connectivity index (χ3v) is 4.96. The van der Waals surface area contributed by atoms with Gasteiger partial charge >= 0.3 is 6.61 Å². The zero-order valence-corrected chi connectivity index (χ0v) is 14.6. The molecule has 0 radical (unpaired) electrons. The Kier molecular flexibility index (Phi) is 6.39. The average molecular weight is 352 g/mol. The molecule has 2 heterocycles. The van der Waals surface area contributed by atoms with Crippen LogP contribution in [0.5, 0.6) is 0 Å². The molecule has 138 valence electrons. The summed E-state index contributed by atoms with van der Waals surface area (Å²) in [5, 5.41) is 1.27. The van der Waals surface area contributed by atoms with Gasteiger partial charge in [-0.05, 0) is 55.5 Å². The summed E-state index contributed by atoms with van der Waals surface area (Å²) in [5.41, 5.74) is 3.80. The molecule has 0 bridgehead atoms. The van der Waals surface area contributed by atoms with Gasteiger partial charge in [0.2, 0.25) is 0 Å². The molecule has 0 aliphatic carbocycles. The van der Waals surface area contributed by atoms with Crippen molar-refractivity contribution in [1.82, 2.24) is 9.88 Å². The Labute approximate surface area is 147 Å². The second-order valence-electron chi connectivity index (χ2n) is 6.69. The van der Waals surface area contributed by atoms with E-state index in [0.29, 0.717) is 12.5 Å². The molecule has 0 atom stereocenters. The molecule has 0 unspecified atom stereocenters. The maximum Gasteiger partial charge on any atom is 0.345 e. The van der Waals surface area contributed by atoms with Crippen LogP contribution >= 0.6 is 0 Å². The number of fused-ring (bicyclic) bond motifs is 1. The molecule has 0 amide bonds. The van der Waals surface area contributed by atoms with E-state index < -0.39 is 6.61 Å². The van der Waals surface area contributed by atoms with Gasteiger partial charge in [-0.3, -0.25) is 0 Å². The van der Waals surface area contributed by atoms with E-state index >= 15 is 0 Å². The Balaban J connectivity index is 1.61. The lowest BCUT2D eigenvalue weighted by Crippen LogP contribution is -2.26. The summed E-state index contributed by atoms with van der Waals surface area (Å²) in [6.07, 6.45) is 5.10. The normalized spacial score (nSPS) is 16.4. The summed E-state index contributed by atoms with van der Waals surface area (Å²) >= 11 is 0. The highest BCUT2D eigenvalue weighted by Crippen LogP contribution is 2.30. The van der Waals surface area contributed by atoms with Crippen molar-refractivity contribution in [3.8, 4) is 0 Å². The highest BCUT2D eigenvalue weighted by molar-refractivity contribution is 5.84. The summed E-state index contributed by atoms with van der Waals surface area (Å²) in [6, 6.07) is 6.67. The smallest absolute Gasteiger partial charge is 0.345 e. The fraction of sp³-hybridized carbons (Fsp3) is 0.579. The van der Waals surface area contributed by atoms with Gasteiger partial charge in [-0.15, -0.1) is 0 Å². The van der Waals surface area contributed by atoms with Gasteiger partial charge in [0.25, 0.3) is 0 Å². The molecule has 2 aromatic rings. The first-order valence-corrected chi connectivity index (χ1v) is 8.89. The Morgan fingerprint density at radius 2 is 2.08 bits per heavy atom. The average Bonchev–Trinajstić information content (AvgIpc) is 3.02. The van der Waals surface area contributed by atoms with Crippen LogP contribution in [0, 0.1) is 0 Å². The van der Waals surface area contributed by atoms with Gasteiger partial charge in [-0.1, -0.05) is 6.07 Å². The number of aromatic nitrogens is 1. The van der Waals surface area contributed by atoms with Crippen molar-refractivity contribution in [1.29, 1.82) is 0 Å². The first-order valence-electron chi connectivity index (χ1n) is 8.89. The highest BCUT2D eigenvalue weighted by Gasteiger charge is 2.17. The van der Waals surface area contributed by atoms with E-state index in [2.05, 4.69) is 34.1 Å². The Hall–Kier alpha value is -1.50. The Morgan fingerprint density at radius 1 is 1.28 bits per heavy atom. The van der Waals surface area contributed by atoms with Gasteiger partial charge in [0.15, 0.2) is 0 Å².